The van der Waals surface area contributed by atoms with Gasteiger partial charge in [0.25, 0.3) is 5.56 Å². The zero-order valence-corrected chi connectivity index (χ0v) is 16.2. The highest BCUT2D eigenvalue weighted by Crippen LogP contribution is 2.40. The lowest BCUT2D eigenvalue weighted by atomic mass is 9.77. The molecule has 1 aromatic carbocycles. The van der Waals surface area contributed by atoms with E-state index in [2.05, 4.69) is 41.1 Å². The molecule has 5 rings (SSSR count). The minimum absolute atomic E-state index is 0.226. The van der Waals surface area contributed by atoms with Crippen LogP contribution in [0.1, 0.15) is 35.5 Å². The van der Waals surface area contributed by atoms with Crippen molar-refractivity contribution in [2.45, 2.75) is 45.3 Å². The molecule has 1 saturated heterocycles. The van der Waals surface area contributed by atoms with Gasteiger partial charge in [-0.3, -0.25) is 14.3 Å². The Morgan fingerprint density at radius 1 is 1.11 bits per heavy atom. The topological polar surface area (TPSA) is 41.4 Å². The molecule has 0 N–H and O–H groups in total. The molecular weight excluding hydrogens is 336 g/mol. The highest BCUT2D eigenvalue weighted by molar-refractivity contribution is 5.25. The number of likely N-dealkylation sites (tertiary alicyclic amines) is 1. The summed E-state index contributed by atoms with van der Waals surface area (Å²) in [5, 5.41) is 0. The predicted molar refractivity (Wildman–Crippen MR) is 106 cm³/mol. The highest BCUT2D eigenvalue weighted by atomic mass is 16.1. The lowest BCUT2D eigenvalue weighted by Gasteiger charge is -2.36. The Morgan fingerprint density at radius 2 is 1.89 bits per heavy atom. The van der Waals surface area contributed by atoms with Gasteiger partial charge in [-0.05, 0) is 44.0 Å². The summed E-state index contributed by atoms with van der Waals surface area (Å²) in [5.41, 5.74) is 3.79. The molecule has 0 amide bonds. The van der Waals surface area contributed by atoms with Crippen LogP contribution in [0.15, 0.2) is 35.1 Å². The van der Waals surface area contributed by atoms with Crippen LogP contribution >= 0.6 is 0 Å². The quantitative estimate of drug-likeness (QED) is 0.818. The van der Waals surface area contributed by atoms with E-state index in [1.165, 1.54) is 18.4 Å². The third-order valence-electron chi connectivity index (χ3n) is 6.80. The van der Waals surface area contributed by atoms with E-state index in [0.717, 1.165) is 69.2 Å². The van der Waals surface area contributed by atoms with Gasteiger partial charge in [0.1, 0.15) is 5.82 Å². The summed E-state index contributed by atoms with van der Waals surface area (Å²) in [7, 11) is 2.19. The Bertz CT molecular complexity index is 897. The van der Waals surface area contributed by atoms with Gasteiger partial charge in [0.05, 0.1) is 11.3 Å². The van der Waals surface area contributed by atoms with E-state index < -0.39 is 0 Å². The molecule has 1 spiro atoms. The largest absolute Gasteiger partial charge is 0.306 e. The Hall–Kier alpha value is -1.98. The second-order valence-corrected chi connectivity index (χ2v) is 8.77. The molecule has 0 aliphatic carbocycles. The summed E-state index contributed by atoms with van der Waals surface area (Å²) in [6.07, 6.45) is 4.23. The van der Waals surface area contributed by atoms with Gasteiger partial charge >= 0.3 is 0 Å². The van der Waals surface area contributed by atoms with E-state index in [-0.39, 0.29) is 11.0 Å². The molecule has 1 aromatic heterocycles. The van der Waals surface area contributed by atoms with Crippen LogP contribution in [0.3, 0.4) is 0 Å². The van der Waals surface area contributed by atoms with E-state index in [1.54, 1.807) is 0 Å². The third-order valence-corrected chi connectivity index (χ3v) is 6.80. The number of hydrogen-bond acceptors (Lipinski definition) is 4. The molecule has 0 atom stereocenters. The van der Waals surface area contributed by atoms with Crippen LogP contribution in [0.2, 0.25) is 0 Å². The Morgan fingerprint density at radius 3 is 2.67 bits per heavy atom. The highest BCUT2D eigenvalue weighted by Gasteiger charge is 2.41. The van der Waals surface area contributed by atoms with Crippen LogP contribution in [0.4, 0.5) is 0 Å². The molecule has 2 aromatic rings. The Labute approximate surface area is 160 Å². The van der Waals surface area contributed by atoms with Crippen LogP contribution in [0.5, 0.6) is 0 Å². The third kappa shape index (κ3) is 3.13. The number of nitrogens with zero attached hydrogens (tertiary/aromatic N) is 4. The van der Waals surface area contributed by atoms with Gasteiger partial charge in [-0.2, -0.15) is 0 Å². The van der Waals surface area contributed by atoms with Crippen molar-refractivity contribution in [3.05, 3.63) is 63.3 Å². The first-order valence-corrected chi connectivity index (χ1v) is 10.2. The van der Waals surface area contributed by atoms with Crippen molar-refractivity contribution in [3.63, 3.8) is 0 Å². The van der Waals surface area contributed by atoms with Crippen molar-refractivity contribution in [2.75, 3.05) is 26.7 Å². The normalized spacial score (nSPS) is 22.0. The lowest BCUT2D eigenvalue weighted by molar-refractivity contribution is 0.121. The average molecular weight is 364 g/mol. The standard InChI is InChI=1S/C22H28N4O/c1-24-11-8-22(9-12-24)13-20-23-19-7-10-25(14-17-5-3-2-4-6-17)15-18(19)21(27)26(20)16-22/h2-6H,7-16H2,1H3. The van der Waals surface area contributed by atoms with Crippen LogP contribution in [0, 0.1) is 5.41 Å². The number of rotatable bonds is 2. The van der Waals surface area contributed by atoms with Gasteiger partial charge < -0.3 is 4.90 Å². The zero-order chi connectivity index (χ0) is 18.4. The molecule has 5 heteroatoms. The monoisotopic (exact) mass is 364 g/mol. The van der Waals surface area contributed by atoms with Crippen LogP contribution < -0.4 is 5.56 Å². The second-order valence-electron chi connectivity index (χ2n) is 8.77. The Kier molecular flexibility index (Phi) is 4.17. The molecule has 142 valence electrons. The van der Waals surface area contributed by atoms with Crippen molar-refractivity contribution >= 4 is 0 Å². The van der Waals surface area contributed by atoms with E-state index in [1.807, 2.05) is 10.6 Å². The molecule has 5 nitrogen and oxygen atoms in total. The maximum Gasteiger partial charge on any atom is 0.258 e. The van der Waals surface area contributed by atoms with Crippen LogP contribution in [-0.2, 0) is 32.5 Å². The zero-order valence-electron chi connectivity index (χ0n) is 16.2. The number of aromatic nitrogens is 2. The van der Waals surface area contributed by atoms with Crippen molar-refractivity contribution in [2.24, 2.45) is 5.41 Å². The molecule has 4 heterocycles. The molecule has 0 radical (unpaired) electrons. The minimum Gasteiger partial charge on any atom is -0.306 e. The van der Waals surface area contributed by atoms with Gasteiger partial charge in [-0.25, -0.2) is 4.98 Å². The van der Waals surface area contributed by atoms with E-state index in [4.69, 9.17) is 4.98 Å². The smallest absolute Gasteiger partial charge is 0.258 e. The van der Waals surface area contributed by atoms with Gasteiger partial charge in [-0.15, -0.1) is 0 Å². The molecule has 1 fully saturated rings. The molecule has 3 aliphatic rings. The molecule has 0 bridgehead atoms. The van der Waals surface area contributed by atoms with Crippen molar-refractivity contribution in [1.82, 2.24) is 19.4 Å². The number of hydrogen-bond donors (Lipinski definition) is 0. The van der Waals surface area contributed by atoms with E-state index in [0.29, 0.717) is 0 Å². The fraction of sp³-hybridized carbons (Fsp3) is 0.545. The first kappa shape index (κ1) is 17.1. The summed E-state index contributed by atoms with van der Waals surface area (Å²) in [6.45, 7) is 5.74. The number of fused-ring (bicyclic) bond motifs is 2. The summed E-state index contributed by atoms with van der Waals surface area (Å²) in [5.74, 6) is 1.04. The average Bonchev–Trinajstić information content (AvgIpc) is 3.04. The number of piperidine rings is 1. The maximum absolute atomic E-state index is 13.3. The first-order valence-electron chi connectivity index (χ1n) is 10.2. The molecular formula is C22H28N4O. The summed E-state index contributed by atoms with van der Waals surface area (Å²) < 4.78 is 2.01. The van der Waals surface area contributed by atoms with Crippen molar-refractivity contribution in [3.8, 4) is 0 Å². The fourth-order valence-electron chi connectivity index (χ4n) is 5.05. The number of benzene rings is 1. The van der Waals surface area contributed by atoms with E-state index in [9.17, 15) is 4.79 Å². The lowest BCUT2D eigenvalue weighted by Crippen LogP contribution is -2.40. The molecule has 0 unspecified atom stereocenters. The van der Waals surface area contributed by atoms with Crippen molar-refractivity contribution in [1.29, 1.82) is 0 Å². The SMILES string of the molecule is CN1CCC2(CC1)Cc1nc3c(c(=O)n1C2)CN(Cc1ccccc1)CC3. The van der Waals surface area contributed by atoms with Gasteiger partial charge in [0, 0.05) is 39.0 Å². The molecule has 27 heavy (non-hydrogen) atoms. The predicted octanol–water partition coefficient (Wildman–Crippen LogP) is 2.07. The molecule has 3 aliphatic heterocycles. The first-order chi connectivity index (χ1) is 13.1. The van der Waals surface area contributed by atoms with Gasteiger partial charge in [-0.1, -0.05) is 30.3 Å². The van der Waals surface area contributed by atoms with Crippen LogP contribution in [0.25, 0.3) is 0 Å². The van der Waals surface area contributed by atoms with Crippen molar-refractivity contribution < 1.29 is 0 Å². The maximum atomic E-state index is 13.3. The van der Waals surface area contributed by atoms with Gasteiger partial charge in [0.2, 0.25) is 0 Å². The Balaban J connectivity index is 1.39. The fourth-order valence-corrected chi connectivity index (χ4v) is 5.05. The van der Waals surface area contributed by atoms with Gasteiger partial charge in [0.15, 0.2) is 0 Å². The summed E-state index contributed by atoms with van der Waals surface area (Å²) in [6, 6.07) is 10.5. The summed E-state index contributed by atoms with van der Waals surface area (Å²) in [4.78, 5) is 23.0. The van der Waals surface area contributed by atoms with Crippen LogP contribution in [-0.4, -0.2) is 46.0 Å². The summed E-state index contributed by atoms with van der Waals surface area (Å²) >= 11 is 0. The van der Waals surface area contributed by atoms with E-state index >= 15 is 0 Å². The second kappa shape index (κ2) is 6.57. The minimum atomic E-state index is 0.226. The molecule has 0 saturated carbocycles.